The minimum absolute atomic E-state index is 0.176. The van der Waals surface area contributed by atoms with Crippen LogP contribution in [-0.2, 0) is 4.79 Å². The van der Waals surface area contributed by atoms with Crippen LogP contribution in [0.15, 0.2) is 0 Å². The van der Waals surface area contributed by atoms with Crippen molar-refractivity contribution in [1.82, 2.24) is 5.32 Å². The number of hydrogen-bond acceptors (Lipinski definition) is 2. The molecule has 0 radical (unpaired) electrons. The molecule has 1 aliphatic carbocycles. The fourth-order valence-electron chi connectivity index (χ4n) is 3.50. The zero-order valence-electron chi connectivity index (χ0n) is 11.2. The SMILES string of the molecule is CC(C)(CC1CC2CCCCC2CN1)C(N)=O. The van der Waals surface area contributed by atoms with Crippen molar-refractivity contribution in [3.8, 4) is 0 Å². The predicted molar refractivity (Wildman–Crippen MR) is 69.4 cm³/mol. The topological polar surface area (TPSA) is 55.1 Å². The third-order valence-corrected chi connectivity index (χ3v) is 4.75. The Morgan fingerprint density at radius 1 is 1.29 bits per heavy atom. The van der Waals surface area contributed by atoms with Gasteiger partial charge in [0.2, 0.25) is 5.91 Å². The zero-order chi connectivity index (χ0) is 12.5. The lowest BCUT2D eigenvalue weighted by Crippen LogP contribution is -2.48. The minimum atomic E-state index is -0.376. The number of hydrogen-bond donors (Lipinski definition) is 2. The summed E-state index contributed by atoms with van der Waals surface area (Å²) >= 11 is 0. The summed E-state index contributed by atoms with van der Waals surface area (Å²) in [5, 5.41) is 3.62. The summed E-state index contributed by atoms with van der Waals surface area (Å²) in [5.74, 6) is 1.60. The molecule has 0 aromatic heterocycles. The third kappa shape index (κ3) is 3.01. The van der Waals surface area contributed by atoms with Gasteiger partial charge in [0.1, 0.15) is 0 Å². The number of carbonyl (C=O) groups is 1. The first-order valence-corrected chi connectivity index (χ1v) is 7.02. The molecule has 3 atom stereocenters. The summed E-state index contributed by atoms with van der Waals surface area (Å²) in [6, 6.07) is 0.483. The van der Waals surface area contributed by atoms with Gasteiger partial charge in [0.05, 0.1) is 0 Å². The molecular formula is C14H26N2O. The molecule has 2 rings (SSSR count). The molecule has 1 heterocycles. The van der Waals surface area contributed by atoms with Gasteiger partial charge in [-0.3, -0.25) is 4.79 Å². The van der Waals surface area contributed by atoms with Crippen LogP contribution in [0.2, 0.25) is 0 Å². The van der Waals surface area contributed by atoms with Crippen LogP contribution in [0.5, 0.6) is 0 Å². The van der Waals surface area contributed by atoms with E-state index in [4.69, 9.17) is 5.73 Å². The van der Waals surface area contributed by atoms with Gasteiger partial charge in [-0.2, -0.15) is 0 Å². The summed E-state index contributed by atoms with van der Waals surface area (Å²) in [4.78, 5) is 11.4. The van der Waals surface area contributed by atoms with Crippen LogP contribution in [0, 0.1) is 17.3 Å². The second kappa shape index (κ2) is 4.97. The standard InChI is InChI=1S/C14H26N2O/c1-14(2,13(15)17)8-12-7-10-5-3-4-6-11(10)9-16-12/h10-12,16H,3-9H2,1-2H3,(H2,15,17). The van der Waals surface area contributed by atoms with Crippen LogP contribution in [-0.4, -0.2) is 18.5 Å². The highest BCUT2D eigenvalue weighted by atomic mass is 16.1. The van der Waals surface area contributed by atoms with E-state index in [9.17, 15) is 4.79 Å². The van der Waals surface area contributed by atoms with E-state index in [1.807, 2.05) is 13.8 Å². The molecule has 1 amide bonds. The zero-order valence-corrected chi connectivity index (χ0v) is 11.2. The van der Waals surface area contributed by atoms with Gasteiger partial charge in [-0.15, -0.1) is 0 Å². The van der Waals surface area contributed by atoms with Crippen molar-refractivity contribution in [3.05, 3.63) is 0 Å². The highest BCUT2D eigenvalue weighted by Gasteiger charge is 2.35. The van der Waals surface area contributed by atoms with Crippen molar-refractivity contribution in [2.24, 2.45) is 23.0 Å². The van der Waals surface area contributed by atoms with Crippen LogP contribution in [0.1, 0.15) is 52.4 Å². The van der Waals surface area contributed by atoms with Crippen molar-refractivity contribution in [3.63, 3.8) is 0 Å². The Labute approximate surface area is 105 Å². The van der Waals surface area contributed by atoms with Crippen LogP contribution in [0.3, 0.4) is 0 Å². The second-order valence-corrected chi connectivity index (χ2v) is 6.60. The molecule has 2 aliphatic rings. The molecule has 1 aliphatic heterocycles. The maximum Gasteiger partial charge on any atom is 0.223 e. The first-order chi connectivity index (χ1) is 7.99. The lowest BCUT2D eigenvalue weighted by molar-refractivity contribution is -0.126. The van der Waals surface area contributed by atoms with E-state index in [1.54, 1.807) is 0 Å². The second-order valence-electron chi connectivity index (χ2n) is 6.60. The first-order valence-electron chi connectivity index (χ1n) is 7.02. The van der Waals surface area contributed by atoms with Crippen molar-refractivity contribution in [1.29, 1.82) is 0 Å². The van der Waals surface area contributed by atoms with Gasteiger partial charge in [0.25, 0.3) is 0 Å². The molecule has 3 heteroatoms. The number of piperidine rings is 1. The van der Waals surface area contributed by atoms with E-state index in [0.29, 0.717) is 6.04 Å². The molecule has 1 saturated heterocycles. The van der Waals surface area contributed by atoms with E-state index >= 15 is 0 Å². The highest BCUT2D eigenvalue weighted by Crippen LogP contribution is 2.37. The Kier molecular flexibility index (Phi) is 3.76. The van der Waals surface area contributed by atoms with Gasteiger partial charge in [-0.1, -0.05) is 33.1 Å². The Balaban J connectivity index is 1.89. The Morgan fingerprint density at radius 3 is 2.59 bits per heavy atom. The number of rotatable bonds is 3. The number of nitrogens with one attached hydrogen (secondary N) is 1. The van der Waals surface area contributed by atoms with Crippen molar-refractivity contribution >= 4 is 5.91 Å². The molecule has 3 N–H and O–H groups in total. The highest BCUT2D eigenvalue weighted by molar-refractivity contribution is 5.79. The minimum Gasteiger partial charge on any atom is -0.369 e. The summed E-state index contributed by atoms with van der Waals surface area (Å²) in [5.41, 5.74) is 5.08. The molecule has 17 heavy (non-hydrogen) atoms. The Bertz CT molecular complexity index is 288. The van der Waals surface area contributed by atoms with Gasteiger partial charge >= 0.3 is 0 Å². The summed E-state index contributed by atoms with van der Waals surface area (Å²) in [6.07, 6.45) is 7.70. The van der Waals surface area contributed by atoms with Crippen molar-refractivity contribution < 1.29 is 4.79 Å². The van der Waals surface area contributed by atoms with Crippen LogP contribution < -0.4 is 11.1 Å². The van der Waals surface area contributed by atoms with Crippen molar-refractivity contribution in [2.45, 2.75) is 58.4 Å². The molecule has 0 spiro atoms. The normalized spacial score (nSPS) is 34.1. The summed E-state index contributed by atoms with van der Waals surface area (Å²) in [6.45, 7) is 5.07. The molecular weight excluding hydrogens is 212 g/mol. The molecule has 98 valence electrons. The molecule has 1 saturated carbocycles. The number of amides is 1. The lowest BCUT2D eigenvalue weighted by Gasteiger charge is -2.41. The van der Waals surface area contributed by atoms with Gasteiger partial charge in [0.15, 0.2) is 0 Å². The largest absolute Gasteiger partial charge is 0.369 e. The number of carbonyl (C=O) groups excluding carboxylic acids is 1. The summed E-state index contributed by atoms with van der Waals surface area (Å²) < 4.78 is 0. The third-order valence-electron chi connectivity index (χ3n) is 4.75. The molecule has 3 nitrogen and oxygen atoms in total. The molecule has 0 bridgehead atoms. The van der Waals surface area contributed by atoms with E-state index in [2.05, 4.69) is 5.32 Å². The first kappa shape index (κ1) is 12.9. The fraction of sp³-hybridized carbons (Fsp3) is 0.929. The summed E-state index contributed by atoms with van der Waals surface area (Å²) in [7, 11) is 0. The van der Waals surface area contributed by atoms with Crippen LogP contribution >= 0.6 is 0 Å². The maximum absolute atomic E-state index is 11.4. The maximum atomic E-state index is 11.4. The Morgan fingerprint density at radius 2 is 1.94 bits per heavy atom. The van der Waals surface area contributed by atoms with E-state index in [-0.39, 0.29) is 11.3 Å². The lowest BCUT2D eigenvalue weighted by atomic mass is 9.71. The van der Waals surface area contributed by atoms with Crippen LogP contribution in [0.4, 0.5) is 0 Å². The molecule has 0 aromatic rings. The van der Waals surface area contributed by atoms with Gasteiger partial charge in [-0.05, 0) is 37.6 Å². The predicted octanol–water partition coefficient (Wildman–Crippen LogP) is 2.06. The average molecular weight is 238 g/mol. The Hall–Kier alpha value is -0.570. The van der Waals surface area contributed by atoms with E-state index < -0.39 is 0 Å². The van der Waals surface area contributed by atoms with Gasteiger partial charge < -0.3 is 11.1 Å². The van der Waals surface area contributed by atoms with E-state index in [1.165, 1.54) is 32.1 Å². The number of fused-ring (bicyclic) bond motifs is 1. The van der Waals surface area contributed by atoms with Gasteiger partial charge in [0, 0.05) is 11.5 Å². The monoisotopic (exact) mass is 238 g/mol. The van der Waals surface area contributed by atoms with Crippen LogP contribution in [0.25, 0.3) is 0 Å². The average Bonchev–Trinajstić information content (AvgIpc) is 2.28. The fourth-order valence-corrected chi connectivity index (χ4v) is 3.50. The van der Waals surface area contributed by atoms with Crippen molar-refractivity contribution in [2.75, 3.05) is 6.54 Å². The number of nitrogens with two attached hydrogens (primary N) is 1. The van der Waals surface area contributed by atoms with Gasteiger partial charge in [-0.25, -0.2) is 0 Å². The van der Waals surface area contributed by atoms with E-state index in [0.717, 1.165) is 24.8 Å². The molecule has 3 unspecified atom stereocenters. The molecule has 2 fully saturated rings. The smallest absolute Gasteiger partial charge is 0.223 e. The molecule has 0 aromatic carbocycles. The quantitative estimate of drug-likeness (QED) is 0.790. The number of primary amides is 1.